The van der Waals surface area contributed by atoms with Crippen molar-refractivity contribution in [2.75, 3.05) is 6.54 Å². The fraction of sp³-hybridized carbons (Fsp3) is 0.0667. The molecule has 0 unspecified atom stereocenters. The first-order valence-corrected chi connectivity index (χ1v) is 8.72. The highest BCUT2D eigenvalue weighted by atomic mass is 35.5. The zero-order valence-corrected chi connectivity index (χ0v) is 14.3. The Labute approximate surface area is 148 Å². The summed E-state index contributed by atoms with van der Waals surface area (Å²) in [5.74, 6) is 5.33. The third-order valence-corrected chi connectivity index (χ3v) is 5.04. The van der Waals surface area contributed by atoms with E-state index in [4.69, 9.17) is 23.2 Å². The van der Waals surface area contributed by atoms with Crippen molar-refractivity contribution < 1.29 is 13.3 Å². The average molecular weight is 385 g/mol. The number of para-hydroxylation sites is 1. The van der Waals surface area contributed by atoms with Gasteiger partial charge in [-0.25, -0.2) is 8.42 Å². The number of hydrogen-bond acceptors (Lipinski definition) is 4. The molecule has 0 saturated carbocycles. The Morgan fingerprint density at radius 1 is 1.12 bits per heavy atom. The molecular weight excluding hydrogens is 375 g/mol. The van der Waals surface area contributed by atoms with Crippen molar-refractivity contribution in [2.24, 2.45) is 0 Å². The Bertz CT molecular complexity index is 949. The number of nitrogens with zero attached hydrogens (tertiary/aromatic N) is 1. The molecule has 0 radical (unpaired) electrons. The maximum absolute atomic E-state index is 12.1. The highest BCUT2D eigenvalue weighted by Gasteiger charge is 2.24. The minimum atomic E-state index is -4.05. The molecule has 0 aliphatic heterocycles. The van der Waals surface area contributed by atoms with Gasteiger partial charge in [-0.2, -0.15) is 4.72 Å². The molecule has 0 bridgehead atoms. The molecule has 6 nitrogen and oxygen atoms in total. The van der Waals surface area contributed by atoms with Crippen molar-refractivity contribution in [3.63, 3.8) is 0 Å². The molecule has 0 spiro atoms. The first-order valence-electron chi connectivity index (χ1n) is 6.48. The molecule has 0 fully saturated rings. The summed E-state index contributed by atoms with van der Waals surface area (Å²) in [7, 11) is -4.05. The molecule has 0 heterocycles. The minimum absolute atomic E-state index is 0.214. The lowest BCUT2D eigenvalue weighted by Gasteiger charge is -2.04. The highest BCUT2D eigenvalue weighted by molar-refractivity contribution is 7.89. The highest BCUT2D eigenvalue weighted by Crippen LogP contribution is 2.23. The van der Waals surface area contributed by atoms with E-state index in [-0.39, 0.29) is 6.54 Å². The largest absolute Gasteiger partial charge is 0.289 e. The second-order valence-electron chi connectivity index (χ2n) is 4.48. The quantitative estimate of drug-likeness (QED) is 0.497. The Hall–Kier alpha value is -2.11. The normalized spacial score (nSPS) is 10.8. The molecule has 24 heavy (non-hydrogen) atoms. The van der Waals surface area contributed by atoms with Gasteiger partial charge in [-0.05, 0) is 24.3 Å². The van der Waals surface area contributed by atoms with Crippen molar-refractivity contribution in [1.82, 2.24) is 4.72 Å². The molecule has 2 aromatic carbocycles. The van der Waals surface area contributed by atoms with Gasteiger partial charge in [0.15, 0.2) is 4.90 Å². The van der Waals surface area contributed by atoms with E-state index in [0.29, 0.717) is 15.6 Å². The van der Waals surface area contributed by atoms with Crippen LogP contribution in [0.4, 0.5) is 5.69 Å². The monoisotopic (exact) mass is 384 g/mol. The van der Waals surface area contributed by atoms with Crippen LogP contribution in [-0.2, 0) is 10.0 Å². The van der Waals surface area contributed by atoms with E-state index in [1.54, 1.807) is 18.2 Å². The first-order chi connectivity index (χ1) is 11.3. The van der Waals surface area contributed by atoms with Gasteiger partial charge >= 0.3 is 0 Å². The predicted octanol–water partition coefficient (Wildman–Crippen LogP) is 3.23. The van der Waals surface area contributed by atoms with Gasteiger partial charge in [-0.1, -0.05) is 47.2 Å². The lowest BCUT2D eigenvalue weighted by molar-refractivity contribution is -0.387. The lowest BCUT2D eigenvalue weighted by Crippen LogP contribution is -2.24. The summed E-state index contributed by atoms with van der Waals surface area (Å²) >= 11 is 11.6. The topological polar surface area (TPSA) is 89.3 Å². The van der Waals surface area contributed by atoms with Crippen LogP contribution >= 0.6 is 23.2 Å². The summed E-state index contributed by atoms with van der Waals surface area (Å²) in [6, 6.07) is 9.84. The van der Waals surface area contributed by atoms with Crippen LogP contribution in [-0.4, -0.2) is 19.9 Å². The van der Waals surface area contributed by atoms with Crippen LogP contribution < -0.4 is 4.72 Å². The second-order valence-corrected chi connectivity index (χ2v) is 7.03. The smallest absolute Gasteiger partial charge is 0.258 e. The third kappa shape index (κ3) is 4.46. The predicted molar refractivity (Wildman–Crippen MR) is 91.6 cm³/mol. The molecule has 0 aliphatic rings. The maximum atomic E-state index is 12.1. The van der Waals surface area contributed by atoms with Crippen LogP contribution in [0.2, 0.25) is 10.0 Å². The molecule has 2 aromatic rings. The zero-order chi connectivity index (χ0) is 17.7. The fourth-order valence-electron chi connectivity index (χ4n) is 1.76. The second kappa shape index (κ2) is 7.64. The molecule has 0 aromatic heterocycles. The number of halogens is 2. The van der Waals surface area contributed by atoms with Crippen molar-refractivity contribution in [3.8, 4) is 11.8 Å². The Kier molecular flexibility index (Phi) is 5.80. The van der Waals surface area contributed by atoms with Gasteiger partial charge < -0.3 is 0 Å². The molecule has 0 amide bonds. The summed E-state index contributed by atoms with van der Waals surface area (Å²) in [6.07, 6.45) is 0. The van der Waals surface area contributed by atoms with Gasteiger partial charge in [-0.15, -0.1) is 0 Å². The molecule has 0 atom stereocenters. The van der Waals surface area contributed by atoms with Crippen molar-refractivity contribution in [1.29, 1.82) is 0 Å². The minimum Gasteiger partial charge on any atom is -0.258 e. The number of sulfonamides is 1. The van der Waals surface area contributed by atoms with Gasteiger partial charge in [0, 0.05) is 11.6 Å². The van der Waals surface area contributed by atoms with Crippen LogP contribution in [0, 0.1) is 22.0 Å². The Morgan fingerprint density at radius 2 is 1.83 bits per heavy atom. The standard InChI is InChI=1S/C15H10Cl2N2O4S/c16-12-8-7-11(10-13(12)17)4-3-9-18-24(22,23)15-6-2-1-5-14(15)19(20)21/h1-2,5-8,10,18H,9H2. The molecule has 9 heteroatoms. The van der Waals surface area contributed by atoms with E-state index in [2.05, 4.69) is 16.6 Å². The van der Waals surface area contributed by atoms with E-state index < -0.39 is 25.5 Å². The van der Waals surface area contributed by atoms with E-state index in [1.807, 2.05) is 0 Å². The number of benzene rings is 2. The van der Waals surface area contributed by atoms with Crippen LogP contribution in [0.3, 0.4) is 0 Å². The van der Waals surface area contributed by atoms with Crippen molar-refractivity contribution >= 4 is 38.9 Å². The van der Waals surface area contributed by atoms with Gasteiger partial charge in [0.25, 0.3) is 5.69 Å². The zero-order valence-electron chi connectivity index (χ0n) is 12.0. The molecule has 2 rings (SSSR count). The maximum Gasteiger partial charge on any atom is 0.289 e. The average Bonchev–Trinajstić information content (AvgIpc) is 2.55. The Balaban J connectivity index is 2.13. The van der Waals surface area contributed by atoms with E-state index in [1.165, 1.54) is 12.1 Å². The number of hydrogen-bond donors (Lipinski definition) is 1. The van der Waals surface area contributed by atoms with Crippen molar-refractivity contribution in [2.45, 2.75) is 4.90 Å². The summed E-state index contributed by atoms with van der Waals surface area (Å²) in [5, 5.41) is 11.6. The van der Waals surface area contributed by atoms with Gasteiger partial charge in [0.1, 0.15) is 0 Å². The van der Waals surface area contributed by atoms with Crippen LogP contribution in [0.25, 0.3) is 0 Å². The van der Waals surface area contributed by atoms with Gasteiger partial charge in [0.05, 0.1) is 21.5 Å². The van der Waals surface area contributed by atoms with E-state index in [9.17, 15) is 18.5 Å². The summed E-state index contributed by atoms with van der Waals surface area (Å²) in [5.41, 5.74) is 0.0664. The molecule has 0 aliphatic carbocycles. The first kappa shape index (κ1) is 18.2. The van der Waals surface area contributed by atoms with E-state index in [0.717, 1.165) is 12.1 Å². The summed E-state index contributed by atoms with van der Waals surface area (Å²) in [4.78, 5) is 9.74. The Morgan fingerprint density at radius 3 is 2.50 bits per heavy atom. The number of rotatable bonds is 4. The van der Waals surface area contributed by atoms with E-state index >= 15 is 0 Å². The van der Waals surface area contributed by atoms with Gasteiger partial charge in [-0.3, -0.25) is 10.1 Å². The third-order valence-electron chi connectivity index (χ3n) is 2.85. The molecule has 124 valence electrons. The molecule has 1 N–H and O–H groups in total. The summed E-state index contributed by atoms with van der Waals surface area (Å²) < 4.78 is 26.5. The van der Waals surface area contributed by atoms with Crippen LogP contribution in [0.1, 0.15) is 5.56 Å². The fourth-order valence-corrected chi connectivity index (χ4v) is 3.16. The SMILES string of the molecule is O=[N+]([O-])c1ccccc1S(=O)(=O)NCC#Cc1ccc(Cl)c(Cl)c1. The molecular formula is C15H10Cl2N2O4S. The van der Waals surface area contributed by atoms with Crippen molar-refractivity contribution in [3.05, 3.63) is 68.2 Å². The number of nitrogens with one attached hydrogen (secondary N) is 1. The number of nitro benzene ring substituents is 1. The molecule has 0 saturated heterocycles. The van der Waals surface area contributed by atoms with Gasteiger partial charge in [0.2, 0.25) is 10.0 Å². The van der Waals surface area contributed by atoms with Crippen LogP contribution in [0.5, 0.6) is 0 Å². The number of nitro groups is 1. The lowest BCUT2D eigenvalue weighted by atomic mass is 10.2. The summed E-state index contributed by atoms with van der Waals surface area (Å²) in [6.45, 7) is -0.214. The van der Waals surface area contributed by atoms with Crippen LogP contribution in [0.15, 0.2) is 47.4 Å².